The molecule has 0 heterocycles. The van der Waals surface area contributed by atoms with Crippen molar-refractivity contribution >= 4 is 12.0 Å². The minimum Gasteiger partial charge on any atom is -0.493 e. The molecule has 0 aliphatic heterocycles. The Hall–Kier alpha value is -3.15. The fourth-order valence-electron chi connectivity index (χ4n) is 2.54. The molecule has 2 rings (SSSR count). The Bertz CT molecular complexity index is 809. The van der Waals surface area contributed by atoms with Crippen molar-refractivity contribution in [3.8, 4) is 23.0 Å². The third kappa shape index (κ3) is 7.07. The van der Waals surface area contributed by atoms with Gasteiger partial charge in [0.1, 0.15) is 0 Å². The largest absolute Gasteiger partial charge is 0.493 e. The summed E-state index contributed by atoms with van der Waals surface area (Å²) in [6, 6.07) is 9.78. The standard InChI is InChI=1S/C12H14O2.C11H16O4/c1-3-14-12(13)9-8-11-6-4-10(2)5-7-11;1-7-6-8(12-2)10(14-4)11(15-5)9(7)13-3/h4-9H,3H2,1-2H3;6H,1-5H3. The van der Waals surface area contributed by atoms with E-state index in [-0.39, 0.29) is 5.97 Å². The molecule has 0 unspecified atom stereocenters. The van der Waals surface area contributed by atoms with Gasteiger partial charge in [-0.05, 0) is 44.0 Å². The number of aryl methyl sites for hydroxylation is 2. The topological polar surface area (TPSA) is 63.2 Å². The monoisotopic (exact) mass is 402 g/mol. The minimum atomic E-state index is -0.298. The summed E-state index contributed by atoms with van der Waals surface area (Å²) in [7, 11) is 6.31. The number of carbonyl (C=O) groups is 1. The van der Waals surface area contributed by atoms with Crippen LogP contribution < -0.4 is 18.9 Å². The molecule has 0 fully saturated rings. The Balaban J connectivity index is 0.000000291. The lowest BCUT2D eigenvalue weighted by molar-refractivity contribution is -0.137. The molecule has 0 saturated carbocycles. The summed E-state index contributed by atoms with van der Waals surface area (Å²) in [5.41, 5.74) is 3.15. The molecule has 0 aliphatic carbocycles. The minimum absolute atomic E-state index is 0.298. The van der Waals surface area contributed by atoms with Crippen molar-refractivity contribution in [2.75, 3.05) is 35.0 Å². The van der Waals surface area contributed by atoms with E-state index in [1.807, 2.05) is 44.2 Å². The van der Waals surface area contributed by atoms with Gasteiger partial charge in [0.05, 0.1) is 35.0 Å². The maximum absolute atomic E-state index is 11.0. The van der Waals surface area contributed by atoms with E-state index in [1.54, 1.807) is 41.4 Å². The summed E-state index contributed by atoms with van der Waals surface area (Å²) in [6.07, 6.45) is 3.19. The van der Waals surface area contributed by atoms with E-state index in [1.165, 1.54) is 11.6 Å². The maximum Gasteiger partial charge on any atom is 0.330 e. The summed E-state index contributed by atoms with van der Waals surface area (Å²) in [4.78, 5) is 11.0. The molecule has 158 valence electrons. The second kappa shape index (κ2) is 12.3. The Kier molecular flexibility index (Phi) is 10.2. The van der Waals surface area contributed by atoms with Crippen LogP contribution in [0.2, 0.25) is 0 Å². The van der Waals surface area contributed by atoms with Gasteiger partial charge in [0, 0.05) is 6.08 Å². The first kappa shape index (κ1) is 23.9. The van der Waals surface area contributed by atoms with Crippen LogP contribution in [0.15, 0.2) is 36.4 Å². The Morgan fingerprint density at radius 2 is 1.45 bits per heavy atom. The van der Waals surface area contributed by atoms with Crippen molar-refractivity contribution in [3.63, 3.8) is 0 Å². The summed E-state index contributed by atoms with van der Waals surface area (Å²) in [6.45, 7) is 6.15. The highest BCUT2D eigenvalue weighted by molar-refractivity contribution is 5.87. The molecule has 0 amide bonds. The van der Waals surface area contributed by atoms with Gasteiger partial charge in [-0.15, -0.1) is 0 Å². The Morgan fingerprint density at radius 3 is 1.93 bits per heavy atom. The molecule has 29 heavy (non-hydrogen) atoms. The number of carbonyl (C=O) groups excluding carboxylic acids is 1. The van der Waals surface area contributed by atoms with Crippen LogP contribution in [0.5, 0.6) is 23.0 Å². The molecule has 0 spiro atoms. The number of hydrogen-bond acceptors (Lipinski definition) is 6. The molecular formula is C23H30O6. The van der Waals surface area contributed by atoms with E-state index in [4.69, 9.17) is 23.7 Å². The summed E-state index contributed by atoms with van der Waals surface area (Å²) in [5.74, 6) is 2.09. The molecular weight excluding hydrogens is 372 g/mol. The van der Waals surface area contributed by atoms with Crippen molar-refractivity contribution in [3.05, 3.63) is 53.1 Å². The molecule has 0 radical (unpaired) electrons. The van der Waals surface area contributed by atoms with Crippen molar-refractivity contribution < 1.29 is 28.5 Å². The average molecular weight is 402 g/mol. The van der Waals surface area contributed by atoms with Crippen molar-refractivity contribution in [1.29, 1.82) is 0 Å². The third-order valence-electron chi connectivity index (χ3n) is 3.95. The predicted molar refractivity (Wildman–Crippen MR) is 114 cm³/mol. The van der Waals surface area contributed by atoms with E-state index in [9.17, 15) is 4.79 Å². The van der Waals surface area contributed by atoms with Gasteiger partial charge in [0.15, 0.2) is 11.5 Å². The molecule has 0 atom stereocenters. The van der Waals surface area contributed by atoms with Crippen LogP contribution in [-0.4, -0.2) is 41.0 Å². The molecule has 0 aliphatic rings. The molecule has 0 saturated heterocycles. The molecule has 6 nitrogen and oxygen atoms in total. The number of ether oxygens (including phenoxy) is 5. The van der Waals surface area contributed by atoms with Crippen molar-refractivity contribution in [1.82, 2.24) is 0 Å². The first-order valence-electron chi connectivity index (χ1n) is 9.16. The van der Waals surface area contributed by atoms with E-state index in [0.717, 1.165) is 11.1 Å². The van der Waals surface area contributed by atoms with Gasteiger partial charge in [-0.25, -0.2) is 4.79 Å². The van der Waals surface area contributed by atoms with Crippen LogP contribution >= 0.6 is 0 Å². The van der Waals surface area contributed by atoms with Gasteiger partial charge >= 0.3 is 5.97 Å². The van der Waals surface area contributed by atoms with Crippen LogP contribution in [0.4, 0.5) is 0 Å². The summed E-state index contributed by atoms with van der Waals surface area (Å²) < 4.78 is 25.7. The number of benzene rings is 2. The lowest BCUT2D eigenvalue weighted by Gasteiger charge is -2.16. The molecule has 2 aromatic rings. The average Bonchev–Trinajstić information content (AvgIpc) is 2.73. The lowest BCUT2D eigenvalue weighted by atomic mass is 10.1. The molecule has 0 N–H and O–H groups in total. The first-order valence-corrected chi connectivity index (χ1v) is 9.16. The number of hydrogen-bond donors (Lipinski definition) is 0. The van der Waals surface area contributed by atoms with Gasteiger partial charge < -0.3 is 23.7 Å². The summed E-state index contributed by atoms with van der Waals surface area (Å²) in [5, 5.41) is 0. The van der Waals surface area contributed by atoms with Crippen LogP contribution in [0.1, 0.15) is 23.6 Å². The third-order valence-corrected chi connectivity index (χ3v) is 3.95. The highest BCUT2D eigenvalue weighted by Gasteiger charge is 2.19. The number of methoxy groups -OCH3 is 4. The van der Waals surface area contributed by atoms with Gasteiger partial charge in [-0.2, -0.15) is 0 Å². The van der Waals surface area contributed by atoms with Crippen LogP contribution in [0.3, 0.4) is 0 Å². The van der Waals surface area contributed by atoms with E-state index in [2.05, 4.69) is 0 Å². The Labute approximate surface area is 173 Å². The van der Waals surface area contributed by atoms with E-state index >= 15 is 0 Å². The van der Waals surface area contributed by atoms with Gasteiger partial charge in [-0.1, -0.05) is 29.8 Å². The normalized spacial score (nSPS) is 10.0. The van der Waals surface area contributed by atoms with Gasteiger partial charge in [-0.3, -0.25) is 0 Å². The quantitative estimate of drug-likeness (QED) is 0.498. The van der Waals surface area contributed by atoms with Gasteiger partial charge in [0.25, 0.3) is 0 Å². The fraction of sp³-hybridized carbons (Fsp3) is 0.348. The van der Waals surface area contributed by atoms with Crippen LogP contribution in [0, 0.1) is 13.8 Å². The highest BCUT2D eigenvalue weighted by atomic mass is 16.5. The fourth-order valence-corrected chi connectivity index (χ4v) is 2.54. The molecule has 0 aromatic heterocycles. The molecule has 6 heteroatoms. The SMILES string of the molecule is CCOC(=O)C=Cc1ccc(C)cc1.COc1cc(C)c(OC)c(OC)c1OC. The van der Waals surface area contributed by atoms with Crippen molar-refractivity contribution in [2.45, 2.75) is 20.8 Å². The van der Waals surface area contributed by atoms with Crippen molar-refractivity contribution in [2.24, 2.45) is 0 Å². The first-order chi connectivity index (χ1) is 13.9. The Morgan fingerprint density at radius 1 is 0.862 bits per heavy atom. The number of rotatable bonds is 7. The zero-order valence-electron chi connectivity index (χ0n) is 18.2. The lowest BCUT2D eigenvalue weighted by Crippen LogP contribution is -1.99. The number of esters is 1. The second-order valence-electron chi connectivity index (χ2n) is 5.99. The molecule has 2 aromatic carbocycles. The zero-order chi connectivity index (χ0) is 21.8. The van der Waals surface area contributed by atoms with Crippen LogP contribution in [0.25, 0.3) is 6.08 Å². The summed E-state index contributed by atoms with van der Waals surface area (Å²) >= 11 is 0. The predicted octanol–water partition coefficient (Wildman–Crippen LogP) is 4.60. The smallest absolute Gasteiger partial charge is 0.330 e. The molecule has 0 bridgehead atoms. The maximum atomic E-state index is 11.0. The second-order valence-corrected chi connectivity index (χ2v) is 5.99. The van der Waals surface area contributed by atoms with Gasteiger partial charge in [0.2, 0.25) is 11.5 Å². The van der Waals surface area contributed by atoms with Crippen LogP contribution in [-0.2, 0) is 9.53 Å². The van der Waals surface area contributed by atoms with E-state index < -0.39 is 0 Å². The zero-order valence-corrected chi connectivity index (χ0v) is 18.2. The highest BCUT2D eigenvalue weighted by Crippen LogP contribution is 2.46. The van der Waals surface area contributed by atoms with E-state index in [0.29, 0.717) is 29.6 Å².